The topological polar surface area (TPSA) is 27.3 Å². The zero-order chi connectivity index (χ0) is 10.1. The second-order valence-electron chi connectivity index (χ2n) is 4.02. The number of nitrogens with zero attached hydrogens (tertiary/aromatic N) is 1. The molecule has 0 aromatic heterocycles. The summed E-state index contributed by atoms with van der Waals surface area (Å²) >= 11 is 0. The zero-order valence-corrected chi connectivity index (χ0v) is 9.56. The molecule has 0 spiro atoms. The lowest BCUT2D eigenvalue weighted by Gasteiger charge is -2.11. The lowest BCUT2D eigenvalue weighted by atomic mass is 10.4. The third-order valence-corrected chi connectivity index (χ3v) is 1.81. The molecule has 0 radical (unpaired) electrons. The molecule has 0 aliphatic heterocycles. The summed E-state index contributed by atoms with van der Waals surface area (Å²) in [6.07, 6.45) is 1.23. The Bertz CT molecular complexity index is 90.3. The monoisotopic (exact) mass is 187 g/mol. The van der Waals surface area contributed by atoms with Crippen molar-refractivity contribution in [2.24, 2.45) is 0 Å². The Morgan fingerprint density at radius 1 is 1.08 bits per heavy atom. The van der Waals surface area contributed by atoms with Gasteiger partial charge in [-0.05, 0) is 33.6 Å². The Kier molecular flexibility index (Phi) is 8.40. The molecule has 0 aliphatic carbocycles. The van der Waals surface area contributed by atoms with Crippen molar-refractivity contribution in [3.8, 4) is 0 Å². The molecule has 13 heavy (non-hydrogen) atoms. The van der Waals surface area contributed by atoms with Crippen LogP contribution in [0.2, 0.25) is 0 Å². The largest absolute Gasteiger partial charge is 0.315 e. The van der Waals surface area contributed by atoms with Crippen LogP contribution in [0.15, 0.2) is 0 Å². The smallest absolute Gasteiger partial charge is 0.00790 e. The lowest BCUT2D eigenvalue weighted by molar-refractivity contribution is 0.394. The van der Waals surface area contributed by atoms with Gasteiger partial charge in [-0.2, -0.15) is 0 Å². The van der Waals surface area contributed by atoms with Gasteiger partial charge in [-0.15, -0.1) is 0 Å². The molecule has 0 fully saturated rings. The average Bonchev–Trinajstić information content (AvgIpc) is 2.01. The van der Waals surface area contributed by atoms with Crippen LogP contribution in [-0.4, -0.2) is 51.2 Å². The van der Waals surface area contributed by atoms with Gasteiger partial charge in [-0.25, -0.2) is 0 Å². The van der Waals surface area contributed by atoms with Crippen LogP contribution in [0.5, 0.6) is 0 Å². The number of rotatable bonds is 8. The molecule has 2 N–H and O–H groups in total. The van der Waals surface area contributed by atoms with Gasteiger partial charge >= 0.3 is 0 Å². The predicted octanol–water partition coefficient (Wildman–Crippen LogP) is 0.526. The summed E-state index contributed by atoms with van der Waals surface area (Å²) in [6.45, 7) is 8.78. The molecular formula is C10H25N3. The van der Waals surface area contributed by atoms with Crippen molar-refractivity contribution in [2.75, 3.05) is 40.3 Å². The van der Waals surface area contributed by atoms with Crippen molar-refractivity contribution in [3.05, 3.63) is 0 Å². The summed E-state index contributed by atoms with van der Waals surface area (Å²) < 4.78 is 0. The third kappa shape index (κ3) is 11.9. The van der Waals surface area contributed by atoms with Crippen molar-refractivity contribution in [3.63, 3.8) is 0 Å². The van der Waals surface area contributed by atoms with E-state index in [1.54, 1.807) is 0 Å². The van der Waals surface area contributed by atoms with Crippen molar-refractivity contribution in [1.29, 1.82) is 0 Å². The first kappa shape index (κ1) is 12.9. The second-order valence-corrected chi connectivity index (χ2v) is 4.02. The molecule has 0 atom stereocenters. The molecule has 0 heterocycles. The summed E-state index contributed by atoms with van der Waals surface area (Å²) in [6, 6.07) is 0.601. The minimum Gasteiger partial charge on any atom is -0.315 e. The number of nitrogens with one attached hydrogen (secondary N) is 2. The average molecular weight is 187 g/mol. The van der Waals surface area contributed by atoms with Gasteiger partial charge in [0.1, 0.15) is 0 Å². The van der Waals surface area contributed by atoms with Crippen LogP contribution in [0.25, 0.3) is 0 Å². The molecule has 3 heteroatoms. The zero-order valence-electron chi connectivity index (χ0n) is 9.56. The van der Waals surface area contributed by atoms with Crippen LogP contribution < -0.4 is 10.6 Å². The first-order valence-electron chi connectivity index (χ1n) is 5.21. The van der Waals surface area contributed by atoms with Gasteiger partial charge < -0.3 is 15.5 Å². The summed E-state index contributed by atoms with van der Waals surface area (Å²) in [4.78, 5) is 2.22. The van der Waals surface area contributed by atoms with E-state index in [9.17, 15) is 0 Å². The standard InChI is InChI=1S/C10H25N3/c1-10(2)12-8-7-11-6-5-9-13(3)4/h10-12H,5-9H2,1-4H3. The van der Waals surface area contributed by atoms with E-state index in [1.165, 1.54) is 13.0 Å². The van der Waals surface area contributed by atoms with E-state index in [1.807, 2.05) is 0 Å². The number of hydrogen-bond donors (Lipinski definition) is 2. The molecule has 3 nitrogen and oxygen atoms in total. The van der Waals surface area contributed by atoms with Crippen molar-refractivity contribution >= 4 is 0 Å². The first-order valence-corrected chi connectivity index (χ1v) is 5.21. The van der Waals surface area contributed by atoms with Crippen molar-refractivity contribution in [1.82, 2.24) is 15.5 Å². The van der Waals surface area contributed by atoms with Crippen LogP contribution in [0.3, 0.4) is 0 Å². The van der Waals surface area contributed by atoms with Crippen LogP contribution in [0, 0.1) is 0 Å². The number of hydrogen-bond acceptors (Lipinski definition) is 3. The maximum Gasteiger partial charge on any atom is 0.00790 e. The van der Waals surface area contributed by atoms with E-state index in [0.29, 0.717) is 6.04 Å². The maximum atomic E-state index is 3.41. The molecule has 0 saturated heterocycles. The highest BCUT2D eigenvalue weighted by molar-refractivity contribution is 4.56. The van der Waals surface area contributed by atoms with E-state index in [2.05, 4.69) is 43.5 Å². The fraction of sp³-hybridized carbons (Fsp3) is 1.00. The molecule has 80 valence electrons. The summed E-state index contributed by atoms with van der Waals surface area (Å²) in [5.74, 6) is 0. The summed E-state index contributed by atoms with van der Waals surface area (Å²) in [5.41, 5.74) is 0. The molecule has 0 bridgehead atoms. The second kappa shape index (κ2) is 8.48. The minimum absolute atomic E-state index is 0.601. The Hall–Kier alpha value is -0.120. The van der Waals surface area contributed by atoms with Crippen molar-refractivity contribution < 1.29 is 0 Å². The molecule has 0 aliphatic rings. The van der Waals surface area contributed by atoms with Gasteiger partial charge in [0.05, 0.1) is 0 Å². The highest BCUT2D eigenvalue weighted by Gasteiger charge is 1.92. The predicted molar refractivity (Wildman–Crippen MR) is 59.2 cm³/mol. The summed E-state index contributed by atoms with van der Waals surface area (Å²) in [5, 5.41) is 6.78. The SMILES string of the molecule is CC(C)NCCNCCCN(C)C. The summed E-state index contributed by atoms with van der Waals surface area (Å²) in [7, 11) is 4.22. The van der Waals surface area contributed by atoms with Crippen LogP contribution in [0.1, 0.15) is 20.3 Å². The third-order valence-electron chi connectivity index (χ3n) is 1.81. The molecule has 0 aromatic carbocycles. The van der Waals surface area contributed by atoms with E-state index in [-0.39, 0.29) is 0 Å². The van der Waals surface area contributed by atoms with Gasteiger partial charge in [0.15, 0.2) is 0 Å². The fourth-order valence-corrected chi connectivity index (χ4v) is 1.09. The lowest BCUT2D eigenvalue weighted by Crippen LogP contribution is -2.32. The molecule has 0 saturated carbocycles. The molecule has 0 unspecified atom stereocenters. The van der Waals surface area contributed by atoms with Gasteiger partial charge in [-0.3, -0.25) is 0 Å². The fourth-order valence-electron chi connectivity index (χ4n) is 1.09. The van der Waals surface area contributed by atoms with Gasteiger partial charge in [-0.1, -0.05) is 13.8 Å². The van der Waals surface area contributed by atoms with Crippen LogP contribution >= 0.6 is 0 Å². The minimum atomic E-state index is 0.601. The van der Waals surface area contributed by atoms with Gasteiger partial charge in [0.2, 0.25) is 0 Å². The van der Waals surface area contributed by atoms with E-state index >= 15 is 0 Å². The first-order chi connectivity index (χ1) is 6.13. The molecule has 0 amide bonds. The quantitative estimate of drug-likeness (QED) is 0.543. The molecular weight excluding hydrogens is 162 g/mol. The Balaban J connectivity index is 2.92. The van der Waals surface area contributed by atoms with Crippen LogP contribution in [-0.2, 0) is 0 Å². The highest BCUT2D eigenvalue weighted by atomic mass is 15.1. The van der Waals surface area contributed by atoms with Gasteiger partial charge in [0, 0.05) is 19.1 Å². The van der Waals surface area contributed by atoms with Crippen molar-refractivity contribution in [2.45, 2.75) is 26.3 Å². The van der Waals surface area contributed by atoms with Crippen LogP contribution in [0.4, 0.5) is 0 Å². The molecule has 0 aromatic rings. The maximum absolute atomic E-state index is 3.41. The van der Waals surface area contributed by atoms with Gasteiger partial charge in [0.25, 0.3) is 0 Å². The normalized spacial score (nSPS) is 11.5. The Morgan fingerprint density at radius 2 is 1.77 bits per heavy atom. The Labute approximate surface area is 82.9 Å². The van der Waals surface area contributed by atoms with E-state index in [4.69, 9.17) is 0 Å². The van der Waals surface area contributed by atoms with E-state index in [0.717, 1.165) is 19.6 Å². The highest BCUT2D eigenvalue weighted by Crippen LogP contribution is 1.80. The Morgan fingerprint density at radius 3 is 2.31 bits per heavy atom. The van der Waals surface area contributed by atoms with E-state index < -0.39 is 0 Å². The molecule has 0 rings (SSSR count).